The lowest BCUT2D eigenvalue weighted by atomic mass is 10.2. The van der Waals surface area contributed by atoms with Gasteiger partial charge in [-0.15, -0.1) is 11.8 Å². The second-order valence-electron chi connectivity index (χ2n) is 7.34. The van der Waals surface area contributed by atoms with Crippen molar-refractivity contribution in [3.05, 3.63) is 23.0 Å². The van der Waals surface area contributed by atoms with Crippen molar-refractivity contribution in [2.24, 2.45) is 0 Å². The molecule has 0 bridgehead atoms. The van der Waals surface area contributed by atoms with Crippen LogP contribution in [0.15, 0.2) is 17.0 Å². The molecule has 0 saturated carbocycles. The third kappa shape index (κ3) is 8.52. The zero-order chi connectivity index (χ0) is 20.6. The molecule has 27 heavy (non-hydrogen) atoms. The van der Waals surface area contributed by atoms with Gasteiger partial charge >= 0.3 is 5.97 Å². The summed E-state index contributed by atoms with van der Waals surface area (Å²) in [6, 6.07) is 2.65. The van der Waals surface area contributed by atoms with Crippen LogP contribution in [0.25, 0.3) is 0 Å². The highest BCUT2D eigenvalue weighted by molar-refractivity contribution is 8.00. The Hall–Kier alpha value is -1.27. The number of esters is 1. The van der Waals surface area contributed by atoms with Crippen molar-refractivity contribution in [3.8, 4) is 0 Å². The van der Waals surface area contributed by atoms with E-state index in [1.165, 1.54) is 17.8 Å². The van der Waals surface area contributed by atoms with Gasteiger partial charge in [-0.3, -0.25) is 9.59 Å². The molecule has 1 N–H and O–H groups in total. The molecule has 1 aromatic carbocycles. The van der Waals surface area contributed by atoms with Gasteiger partial charge < -0.3 is 10.1 Å². The monoisotopic (exact) mass is 417 g/mol. The largest absolute Gasteiger partial charge is 0.459 e. The molecule has 0 aliphatic heterocycles. The molecule has 1 rings (SSSR count). The van der Waals surface area contributed by atoms with Crippen molar-refractivity contribution in [1.29, 1.82) is 0 Å². The molecule has 1 atom stereocenters. The third-order valence-electron chi connectivity index (χ3n) is 3.54. The fourth-order valence-electron chi connectivity index (χ4n) is 2.27. The molecule has 0 fully saturated rings. The molecule has 0 aliphatic rings. The molecule has 0 aromatic heterocycles. The van der Waals surface area contributed by atoms with E-state index >= 15 is 0 Å². The topological polar surface area (TPSA) is 55.4 Å². The van der Waals surface area contributed by atoms with E-state index in [0.29, 0.717) is 17.7 Å². The molecule has 7 heteroatoms. The van der Waals surface area contributed by atoms with Crippen LogP contribution >= 0.6 is 23.4 Å². The van der Waals surface area contributed by atoms with Crippen LogP contribution in [0.2, 0.25) is 5.02 Å². The average molecular weight is 418 g/mol. The van der Waals surface area contributed by atoms with E-state index in [4.69, 9.17) is 16.3 Å². The van der Waals surface area contributed by atoms with Gasteiger partial charge in [-0.05, 0) is 45.7 Å². The summed E-state index contributed by atoms with van der Waals surface area (Å²) in [4.78, 5) is 24.9. The lowest BCUT2D eigenvalue weighted by Gasteiger charge is -2.24. The highest BCUT2D eigenvalue weighted by Gasteiger charge is 2.26. The van der Waals surface area contributed by atoms with Crippen molar-refractivity contribution in [2.45, 2.75) is 82.5 Å². The van der Waals surface area contributed by atoms with Crippen LogP contribution in [0.5, 0.6) is 0 Å². The summed E-state index contributed by atoms with van der Waals surface area (Å²) >= 11 is 7.41. The van der Waals surface area contributed by atoms with Gasteiger partial charge in [-0.25, -0.2) is 4.39 Å². The van der Waals surface area contributed by atoms with Crippen LogP contribution in [0.4, 0.5) is 10.1 Å². The second-order valence-corrected chi connectivity index (χ2v) is 8.99. The Balaban J connectivity index is 3.00. The minimum Gasteiger partial charge on any atom is -0.459 e. The molecule has 1 amide bonds. The summed E-state index contributed by atoms with van der Waals surface area (Å²) in [5.41, 5.74) is -0.517. The van der Waals surface area contributed by atoms with Gasteiger partial charge in [-0.2, -0.15) is 0 Å². The van der Waals surface area contributed by atoms with E-state index in [-0.39, 0.29) is 22.6 Å². The Bertz CT molecular complexity index is 661. The molecule has 0 spiro atoms. The number of halogens is 2. The van der Waals surface area contributed by atoms with E-state index < -0.39 is 16.7 Å². The zero-order valence-electron chi connectivity index (χ0n) is 16.7. The third-order valence-corrected chi connectivity index (χ3v) is 5.27. The Morgan fingerprint density at radius 2 is 1.93 bits per heavy atom. The Morgan fingerprint density at radius 3 is 2.48 bits per heavy atom. The molecule has 1 aromatic rings. The molecule has 152 valence electrons. The van der Waals surface area contributed by atoms with Gasteiger partial charge in [0.2, 0.25) is 5.91 Å². The average Bonchev–Trinajstić information content (AvgIpc) is 2.55. The molecule has 0 radical (unpaired) electrons. The van der Waals surface area contributed by atoms with E-state index in [9.17, 15) is 14.0 Å². The first-order valence-corrected chi connectivity index (χ1v) is 10.5. The summed E-state index contributed by atoms with van der Waals surface area (Å²) in [6.45, 7) is 9.40. The molecule has 0 saturated heterocycles. The lowest BCUT2D eigenvalue weighted by molar-refractivity contribution is -0.154. The van der Waals surface area contributed by atoms with Crippen LogP contribution in [0.1, 0.15) is 66.7 Å². The molecular weight excluding hydrogens is 389 g/mol. The number of thioether (sulfide) groups is 1. The number of ether oxygens (including phenoxy) is 1. The summed E-state index contributed by atoms with van der Waals surface area (Å²) in [5, 5.41) is 2.33. The normalized spacial score (nSPS) is 12.6. The smallest absolute Gasteiger partial charge is 0.319 e. The van der Waals surface area contributed by atoms with E-state index in [1.807, 2.05) is 34.6 Å². The van der Waals surface area contributed by atoms with Crippen molar-refractivity contribution >= 4 is 40.9 Å². The van der Waals surface area contributed by atoms with Gasteiger partial charge in [0.15, 0.2) is 0 Å². The predicted octanol–water partition coefficient (Wildman–Crippen LogP) is 6.21. The van der Waals surface area contributed by atoms with Crippen LogP contribution in [0, 0.1) is 5.82 Å². The summed E-state index contributed by atoms with van der Waals surface area (Å²) in [5.74, 6) is -1.17. The van der Waals surface area contributed by atoms with Crippen LogP contribution < -0.4 is 5.32 Å². The zero-order valence-corrected chi connectivity index (χ0v) is 18.2. The number of carbonyl (C=O) groups excluding carboxylic acids is 2. The molecular formula is C20H29ClFNO3S. The molecule has 0 aliphatic carbocycles. The second kappa shape index (κ2) is 10.9. The molecule has 4 nitrogen and oxygen atoms in total. The first-order valence-electron chi connectivity index (χ1n) is 9.25. The number of amides is 1. The highest BCUT2D eigenvalue weighted by Crippen LogP contribution is 2.36. The number of carbonyl (C=O) groups is 2. The lowest BCUT2D eigenvalue weighted by Crippen LogP contribution is -2.30. The minimum absolute atomic E-state index is 0.0717. The van der Waals surface area contributed by atoms with E-state index in [1.54, 1.807) is 0 Å². The Morgan fingerprint density at radius 1 is 1.26 bits per heavy atom. The van der Waals surface area contributed by atoms with Crippen molar-refractivity contribution in [1.82, 2.24) is 0 Å². The number of hydrogen-bond donors (Lipinski definition) is 1. The first-order chi connectivity index (χ1) is 12.6. The number of benzene rings is 1. The number of rotatable bonds is 9. The maximum absolute atomic E-state index is 14.2. The quantitative estimate of drug-likeness (QED) is 0.383. The van der Waals surface area contributed by atoms with Gasteiger partial charge in [-0.1, -0.05) is 38.3 Å². The van der Waals surface area contributed by atoms with Crippen LogP contribution in [-0.4, -0.2) is 22.7 Å². The number of unbranched alkanes of at least 4 members (excludes halogenated alkanes) is 1. The van der Waals surface area contributed by atoms with Crippen molar-refractivity contribution in [3.63, 3.8) is 0 Å². The Kier molecular flexibility index (Phi) is 9.60. The van der Waals surface area contributed by atoms with Gasteiger partial charge in [0, 0.05) is 11.3 Å². The summed E-state index contributed by atoms with van der Waals surface area (Å²) in [6.07, 6.45) is 3.34. The van der Waals surface area contributed by atoms with E-state index in [0.717, 1.165) is 25.3 Å². The van der Waals surface area contributed by atoms with Crippen molar-refractivity contribution in [2.75, 3.05) is 5.32 Å². The minimum atomic E-state index is -0.599. The van der Waals surface area contributed by atoms with Gasteiger partial charge in [0.1, 0.15) is 16.7 Å². The fourth-order valence-corrected chi connectivity index (χ4v) is 3.72. The van der Waals surface area contributed by atoms with Crippen molar-refractivity contribution < 1.29 is 18.7 Å². The number of nitrogens with one attached hydrogen (secondary N) is 1. The van der Waals surface area contributed by atoms with Crippen LogP contribution in [-0.2, 0) is 14.3 Å². The summed E-state index contributed by atoms with van der Waals surface area (Å²) < 4.78 is 19.7. The maximum atomic E-state index is 14.2. The van der Waals surface area contributed by atoms with Gasteiger partial charge in [0.25, 0.3) is 0 Å². The Labute approximate surface area is 170 Å². The maximum Gasteiger partial charge on any atom is 0.319 e. The standard InChI is InChI=1S/C20H29ClFNO3S/c1-6-8-10-18(24)23-15-12-17(13(21)11-14(15)22)27-16(9-7-2)19(25)26-20(3,4)5/h11-12,16H,6-10H2,1-5H3,(H,23,24). The summed E-state index contributed by atoms with van der Waals surface area (Å²) in [7, 11) is 0. The predicted molar refractivity (Wildman–Crippen MR) is 110 cm³/mol. The SMILES string of the molecule is CCCCC(=O)Nc1cc(SC(CCC)C(=O)OC(C)(C)C)c(Cl)cc1F. The molecule has 1 unspecified atom stereocenters. The molecule has 0 heterocycles. The number of hydrogen-bond acceptors (Lipinski definition) is 4. The van der Waals surface area contributed by atoms with E-state index in [2.05, 4.69) is 5.32 Å². The first kappa shape index (κ1) is 23.8. The fraction of sp³-hybridized carbons (Fsp3) is 0.600. The van der Waals surface area contributed by atoms with Crippen LogP contribution in [0.3, 0.4) is 0 Å². The number of anilines is 1. The highest BCUT2D eigenvalue weighted by atomic mass is 35.5. The van der Waals surface area contributed by atoms with Gasteiger partial charge in [0.05, 0.1) is 10.7 Å².